The number of rotatable bonds is 6. The molecular formula is C15H20ClNO3S. The Labute approximate surface area is 130 Å². The molecule has 0 aromatic heterocycles. The maximum absolute atomic E-state index is 11.8. The van der Waals surface area contributed by atoms with E-state index in [1.54, 1.807) is 12.1 Å². The molecule has 0 spiro atoms. The van der Waals surface area contributed by atoms with Gasteiger partial charge in [-0.3, -0.25) is 4.79 Å². The van der Waals surface area contributed by atoms with Crippen LogP contribution in [0, 0.1) is 5.41 Å². The predicted molar refractivity (Wildman–Crippen MR) is 82.8 cm³/mol. The van der Waals surface area contributed by atoms with Crippen LogP contribution in [-0.4, -0.2) is 20.9 Å². The second kappa shape index (κ2) is 6.36. The quantitative estimate of drug-likeness (QED) is 0.816. The molecule has 1 aromatic rings. The summed E-state index contributed by atoms with van der Waals surface area (Å²) in [6, 6.07) is 6.31. The SMILES string of the molecule is CC1(CNC(=O)CCc2ccc(S(=O)(=O)Cl)cc2)CCC1. The number of halogens is 1. The van der Waals surface area contributed by atoms with Gasteiger partial charge in [-0.25, -0.2) is 8.42 Å². The first-order valence-electron chi connectivity index (χ1n) is 7.09. The number of carbonyl (C=O) groups is 1. The molecule has 1 saturated carbocycles. The molecule has 6 heteroatoms. The summed E-state index contributed by atoms with van der Waals surface area (Å²) >= 11 is 0. The molecule has 0 unspecified atom stereocenters. The van der Waals surface area contributed by atoms with E-state index in [1.807, 2.05) is 0 Å². The highest BCUT2D eigenvalue weighted by Crippen LogP contribution is 2.39. The fourth-order valence-corrected chi connectivity index (χ4v) is 3.20. The lowest BCUT2D eigenvalue weighted by Gasteiger charge is -2.38. The molecule has 2 rings (SSSR count). The minimum absolute atomic E-state index is 0.0390. The standard InChI is InChI=1S/C15H20ClNO3S/c1-15(9-2-10-15)11-17-14(18)8-5-12-3-6-13(7-4-12)21(16,19)20/h3-4,6-7H,2,5,8-11H2,1H3,(H,17,18). The van der Waals surface area contributed by atoms with Crippen molar-refractivity contribution in [1.29, 1.82) is 0 Å². The van der Waals surface area contributed by atoms with Gasteiger partial charge in [0.15, 0.2) is 0 Å². The maximum atomic E-state index is 11.8. The van der Waals surface area contributed by atoms with Crippen molar-refractivity contribution in [3.05, 3.63) is 29.8 Å². The van der Waals surface area contributed by atoms with E-state index in [4.69, 9.17) is 10.7 Å². The molecule has 21 heavy (non-hydrogen) atoms. The van der Waals surface area contributed by atoms with Gasteiger partial charge in [0.1, 0.15) is 0 Å². The van der Waals surface area contributed by atoms with Crippen molar-refractivity contribution in [2.75, 3.05) is 6.54 Å². The number of hydrogen-bond acceptors (Lipinski definition) is 3. The number of hydrogen-bond donors (Lipinski definition) is 1. The van der Waals surface area contributed by atoms with Crippen LogP contribution in [-0.2, 0) is 20.3 Å². The van der Waals surface area contributed by atoms with Crippen molar-refractivity contribution in [3.63, 3.8) is 0 Å². The Morgan fingerprint density at radius 2 is 1.90 bits per heavy atom. The van der Waals surface area contributed by atoms with Gasteiger partial charge >= 0.3 is 0 Å². The lowest BCUT2D eigenvalue weighted by Crippen LogP contribution is -2.39. The molecule has 4 nitrogen and oxygen atoms in total. The average molecular weight is 330 g/mol. The number of aryl methyl sites for hydroxylation is 1. The van der Waals surface area contributed by atoms with Crippen LogP contribution >= 0.6 is 10.7 Å². The average Bonchev–Trinajstić information content (AvgIpc) is 2.40. The highest BCUT2D eigenvalue weighted by Gasteiger charge is 2.31. The largest absolute Gasteiger partial charge is 0.356 e. The van der Waals surface area contributed by atoms with Crippen molar-refractivity contribution in [3.8, 4) is 0 Å². The molecule has 1 aromatic carbocycles. The van der Waals surface area contributed by atoms with Gasteiger partial charge in [-0.05, 0) is 42.4 Å². The van der Waals surface area contributed by atoms with Gasteiger partial charge in [-0.1, -0.05) is 25.5 Å². The minimum atomic E-state index is -3.68. The summed E-state index contributed by atoms with van der Waals surface area (Å²) in [4.78, 5) is 11.9. The van der Waals surface area contributed by atoms with Gasteiger partial charge in [-0.15, -0.1) is 0 Å². The third kappa shape index (κ3) is 4.71. The van der Waals surface area contributed by atoms with Crippen LogP contribution in [0.4, 0.5) is 0 Å². The molecule has 1 amide bonds. The van der Waals surface area contributed by atoms with E-state index in [-0.39, 0.29) is 16.2 Å². The van der Waals surface area contributed by atoms with Crippen LogP contribution in [0.2, 0.25) is 0 Å². The summed E-state index contributed by atoms with van der Waals surface area (Å²) in [5.41, 5.74) is 1.20. The zero-order chi connectivity index (χ0) is 15.5. The molecule has 1 N–H and O–H groups in total. The van der Waals surface area contributed by atoms with Gasteiger partial charge in [0.2, 0.25) is 5.91 Å². The number of amides is 1. The second-order valence-electron chi connectivity index (χ2n) is 6.02. The van der Waals surface area contributed by atoms with E-state index in [0.717, 1.165) is 12.1 Å². The van der Waals surface area contributed by atoms with Crippen LogP contribution in [0.5, 0.6) is 0 Å². The molecule has 116 valence electrons. The molecule has 1 aliphatic carbocycles. The third-order valence-corrected chi connectivity index (χ3v) is 5.49. The summed E-state index contributed by atoms with van der Waals surface area (Å²) in [6.07, 6.45) is 4.61. The van der Waals surface area contributed by atoms with E-state index < -0.39 is 9.05 Å². The second-order valence-corrected chi connectivity index (χ2v) is 8.59. The van der Waals surface area contributed by atoms with Crippen LogP contribution < -0.4 is 5.32 Å². The van der Waals surface area contributed by atoms with E-state index in [0.29, 0.717) is 12.8 Å². The third-order valence-electron chi connectivity index (χ3n) is 4.12. The number of carbonyl (C=O) groups excluding carboxylic acids is 1. The van der Waals surface area contributed by atoms with Gasteiger partial charge in [0.25, 0.3) is 9.05 Å². The number of benzene rings is 1. The van der Waals surface area contributed by atoms with Gasteiger partial charge < -0.3 is 5.32 Å². The first kappa shape index (κ1) is 16.3. The van der Waals surface area contributed by atoms with Crippen molar-refractivity contribution in [2.24, 2.45) is 5.41 Å². The zero-order valence-corrected chi connectivity index (χ0v) is 13.6. The monoisotopic (exact) mass is 329 g/mol. The highest BCUT2D eigenvalue weighted by atomic mass is 35.7. The minimum Gasteiger partial charge on any atom is -0.356 e. The lowest BCUT2D eigenvalue weighted by molar-refractivity contribution is -0.121. The van der Waals surface area contributed by atoms with Crippen molar-refractivity contribution < 1.29 is 13.2 Å². The normalized spacial score (nSPS) is 17.0. The molecule has 0 atom stereocenters. The molecule has 0 aliphatic heterocycles. The van der Waals surface area contributed by atoms with E-state index in [2.05, 4.69) is 12.2 Å². The predicted octanol–water partition coefficient (Wildman–Crippen LogP) is 2.85. The van der Waals surface area contributed by atoms with Gasteiger partial charge in [0.05, 0.1) is 4.90 Å². The molecular weight excluding hydrogens is 310 g/mol. The summed E-state index contributed by atoms with van der Waals surface area (Å²) in [7, 11) is 1.57. The van der Waals surface area contributed by atoms with Crippen LogP contribution in [0.1, 0.15) is 38.2 Å². The Morgan fingerprint density at radius 1 is 1.29 bits per heavy atom. The van der Waals surface area contributed by atoms with Gasteiger partial charge in [0, 0.05) is 23.6 Å². The summed E-state index contributed by atoms with van der Waals surface area (Å²) in [6.45, 7) is 2.94. The first-order valence-corrected chi connectivity index (χ1v) is 9.40. The van der Waals surface area contributed by atoms with Crippen molar-refractivity contribution in [1.82, 2.24) is 5.32 Å². The first-order chi connectivity index (χ1) is 9.78. The topological polar surface area (TPSA) is 63.2 Å². The van der Waals surface area contributed by atoms with Crippen LogP contribution in [0.3, 0.4) is 0 Å². The molecule has 1 aliphatic rings. The van der Waals surface area contributed by atoms with Crippen molar-refractivity contribution >= 4 is 25.6 Å². The van der Waals surface area contributed by atoms with E-state index >= 15 is 0 Å². The maximum Gasteiger partial charge on any atom is 0.261 e. The van der Waals surface area contributed by atoms with Crippen LogP contribution in [0.15, 0.2) is 29.2 Å². The molecule has 0 bridgehead atoms. The van der Waals surface area contributed by atoms with Crippen LogP contribution in [0.25, 0.3) is 0 Å². The summed E-state index contributed by atoms with van der Waals surface area (Å²) in [5.74, 6) is 0.0390. The molecule has 0 heterocycles. The summed E-state index contributed by atoms with van der Waals surface area (Å²) in [5, 5.41) is 2.98. The Morgan fingerprint density at radius 3 is 2.38 bits per heavy atom. The smallest absolute Gasteiger partial charge is 0.261 e. The molecule has 0 saturated heterocycles. The zero-order valence-electron chi connectivity index (χ0n) is 12.1. The Bertz CT molecular complexity index is 606. The van der Waals surface area contributed by atoms with E-state index in [1.165, 1.54) is 31.4 Å². The Hall–Kier alpha value is -1.07. The van der Waals surface area contributed by atoms with E-state index in [9.17, 15) is 13.2 Å². The van der Waals surface area contributed by atoms with Gasteiger partial charge in [-0.2, -0.15) is 0 Å². The highest BCUT2D eigenvalue weighted by molar-refractivity contribution is 8.13. The Balaban J connectivity index is 1.78. The fourth-order valence-electron chi connectivity index (χ4n) is 2.43. The van der Waals surface area contributed by atoms with Crippen molar-refractivity contribution in [2.45, 2.75) is 43.9 Å². The molecule has 1 fully saturated rings. The Kier molecular flexibility index (Phi) is 4.94. The lowest BCUT2D eigenvalue weighted by atomic mass is 9.70. The number of nitrogens with one attached hydrogen (secondary N) is 1. The molecule has 0 radical (unpaired) electrons. The fraction of sp³-hybridized carbons (Fsp3) is 0.533. The summed E-state index contributed by atoms with van der Waals surface area (Å²) < 4.78 is 22.2.